The zero-order chi connectivity index (χ0) is 20.7. The fourth-order valence-electron chi connectivity index (χ4n) is 3.44. The van der Waals surface area contributed by atoms with Crippen molar-refractivity contribution in [2.45, 2.75) is 24.3 Å². The lowest BCUT2D eigenvalue weighted by Gasteiger charge is -2.28. The number of carbonyl (C=O) groups is 1. The SMILES string of the molecule is Cc1ccc([C@H](C[NH+]2CCOCC2)NC(=O)CCS(=O)(=O)c2ccccc2)cc1. The average Bonchev–Trinajstić information content (AvgIpc) is 2.74. The Morgan fingerprint density at radius 3 is 2.38 bits per heavy atom. The van der Waals surface area contributed by atoms with Crippen LogP contribution in [0.4, 0.5) is 0 Å². The second kappa shape index (κ2) is 10.0. The van der Waals surface area contributed by atoms with E-state index in [9.17, 15) is 13.2 Å². The van der Waals surface area contributed by atoms with Crippen LogP contribution >= 0.6 is 0 Å². The summed E-state index contributed by atoms with van der Waals surface area (Å²) in [6.07, 6.45) is -0.0575. The number of benzene rings is 2. The van der Waals surface area contributed by atoms with E-state index in [0.717, 1.165) is 44.0 Å². The van der Waals surface area contributed by atoms with E-state index in [1.165, 1.54) is 4.90 Å². The van der Waals surface area contributed by atoms with E-state index in [-0.39, 0.29) is 29.0 Å². The molecular formula is C22H29N2O4S+. The second-order valence-corrected chi connectivity index (χ2v) is 9.59. The molecule has 0 saturated carbocycles. The van der Waals surface area contributed by atoms with E-state index in [4.69, 9.17) is 4.74 Å². The molecule has 1 aliphatic heterocycles. The summed E-state index contributed by atoms with van der Waals surface area (Å²) in [7, 11) is -3.47. The summed E-state index contributed by atoms with van der Waals surface area (Å²) in [5.74, 6) is -0.448. The largest absolute Gasteiger partial charge is 0.370 e. The minimum absolute atomic E-state index is 0.0575. The monoisotopic (exact) mass is 417 g/mol. The number of ether oxygens (including phenoxy) is 1. The number of hydrogen-bond donors (Lipinski definition) is 2. The maximum Gasteiger partial charge on any atom is 0.221 e. The Hall–Kier alpha value is -2.22. The van der Waals surface area contributed by atoms with Gasteiger partial charge in [-0.3, -0.25) is 4.79 Å². The van der Waals surface area contributed by atoms with E-state index < -0.39 is 9.84 Å². The van der Waals surface area contributed by atoms with Crippen LogP contribution in [-0.4, -0.2) is 52.9 Å². The number of sulfone groups is 1. The zero-order valence-electron chi connectivity index (χ0n) is 16.8. The summed E-state index contributed by atoms with van der Waals surface area (Å²) in [6.45, 7) is 6.03. The quantitative estimate of drug-likeness (QED) is 0.670. The van der Waals surface area contributed by atoms with Crippen molar-refractivity contribution in [1.29, 1.82) is 0 Å². The van der Waals surface area contributed by atoms with Crippen molar-refractivity contribution in [1.82, 2.24) is 5.32 Å². The lowest BCUT2D eigenvalue weighted by molar-refractivity contribution is -0.909. The molecule has 0 aliphatic carbocycles. The third kappa shape index (κ3) is 6.39. The van der Waals surface area contributed by atoms with Crippen molar-refractivity contribution < 1.29 is 22.8 Å². The molecule has 0 bridgehead atoms. The van der Waals surface area contributed by atoms with Crippen molar-refractivity contribution in [2.24, 2.45) is 0 Å². The smallest absolute Gasteiger partial charge is 0.221 e. The van der Waals surface area contributed by atoms with Gasteiger partial charge in [-0.05, 0) is 24.6 Å². The van der Waals surface area contributed by atoms with Gasteiger partial charge in [0.25, 0.3) is 0 Å². The van der Waals surface area contributed by atoms with Crippen molar-refractivity contribution in [3.63, 3.8) is 0 Å². The highest BCUT2D eigenvalue weighted by Gasteiger charge is 2.24. The van der Waals surface area contributed by atoms with Crippen LogP contribution in [0.2, 0.25) is 0 Å². The lowest BCUT2D eigenvalue weighted by atomic mass is 10.0. The van der Waals surface area contributed by atoms with Crippen LogP contribution in [0.3, 0.4) is 0 Å². The highest BCUT2D eigenvalue weighted by atomic mass is 32.2. The predicted molar refractivity (Wildman–Crippen MR) is 112 cm³/mol. The van der Waals surface area contributed by atoms with Gasteiger partial charge < -0.3 is 15.0 Å². The van der Waals surface area contributed by atoms with E-state index in [0.29, 0.717) is 0 Å². The first-order chi connectivity index (χ1) is 13.9. The number of hydrogen-bond acceptors (Lipinski definition) is 4. The first kappa shape index (κ1) is 21.5. The maximum absolute atomic E-state index is 12.6. The second-order valence-electron chi connectivity index (χ2n) is 7.48. The number of carbonyl (C=O) groups excluding carboxylic acids is 1. The number of quaternary nitrogens is 1. The van der Waals surface area contributed by atoms with Crippen LogP contribution in [0.15, 0.2) is 59.5 Å². The Labute approximate surface area is 172 Å². The molecule has 7 heteroatoms. The molecule has 1 fully saturated rings. The van der Waals surface area contributed by atoms with Gasteiger partial charge in [0, 0.05) is 6.42 Å². The first-order valence-electron chi connectivity index (χ1n) is 9.99. The fraction of sp³-hybridized carbons (Fsp3) is 0.409. The van der Waals surface area contributed by atoms with Crippen LogP contribution < -0.4 is 10.2 Å². The van der Waals surface area contributed by atoms with Gasteiger partial charge in [-0.25, -0.2) is 8.42 Å². The number of rotatable bonds is 8. The van der Waals surface area contributed by atoms with Gasteiger partial charge in [0.2, 0.25) is 5.91 Å². The maximum atomic E-state index is 12.6. The molecule has 0 aromatic heterocycles. The summed E-state index contributed by atoms with van der Waals surface area (Å²) < 4.78 is 30.3. The van der Waals surface area contributed by atoms with E-state index in [1.807, 2.05) is 31.2 Å². The molecule has 0 radical (unpaired) electrons. The van der Waals surface area contributed by atoms with Crippen molar-refractivity contribution in [3.8, 4) is 0 Å². The molecule has 2 aromatic carbocycles. The van der Waals surface area contributed by atoms with Crippen molar-refractivity contribution in [3.05, 3.63) is 65.7 Å². The molecule has 2 N–H and O–H groups in total. The van der Waals surface area contributed by atoms with Crippen LogP contribution in [0.5, 0.6) is 0 Å². The topological polar surface area (TPSA) is 76.9 Å². The van der Waals surface area contributed by atoms with Crippen molar-refractivity contribution in [2.75, 3.05) is 38.6 Å². The Morgan fingerprint density at radius 2 is 1.72 bits per heavy atom. The number of amides is 1. The molecule has 1 heterocycles. The molecule has 1 aliphatic rings. The molecular weight excluding hydrogens is 388 g/mol. The molecule has 0 unspecified atom stereocenters. The Kier molecular flexibility index (Phi) is 7.41. The summed E-state index contributed by atoms with van der Waals surface area (Å²) >= 11 is 0. The summed E-state index contributed by atoms with van der Waals surface area (Å²) in [5.41, 5.74) is 2.19. The fourth-order valence-corrected chi connectivity index (χ4v) is 4.70. The van der Waals surface area contributed by atoms with Gasteiger partial charge in [-0.1, -0.05) is 48.0 Å². The third-order valence-electron chi connectivity index (χ3n) is 5.21. The number of aryl methyl sites for hydroxylation is 1. The Morgan fingerprint density at radius 1 is 1.07 bits per heavy atom. The highest BCUT2D eigenvalue weighted by Crippen LogP contribution is 2.14. The molecule has 1 saturated heterocycles. The molecule has 3 rings (SSSR count). The molecule has 1 atom stereocenters. The minimum atomic E-state index is -3.47. The van der Waals surface area contributed by atoms with Gasteiger partial charge in [0.1, 0.15) is 25.7 Å². The van der Waals surface area contributed by atoms with E-state index in [1.54, 1.807) is 30.3 Å². The molecule has 1 amide bonds. The minimum Gasteiger partial charge on any atom is -0.370 e. The highest BCUT2D eigenvalue weighted by molar-refractivity contribution is 7.91. The number of morpholine rings is 1. The van der Waals surface area contributed by atoms with E-state index in [2.05, 4.69) is 5.32 Å². The van der Waals surface area contributed by atoms with Gasteiger partial charge in [-0.15, -0.1) is 0 Å². The third-order valence-corrected chi connectivity index (χ3v) is 6.94. The number of nitrogens with one attached hydrogen (secondary N) is 2. The molecule has 0 spiro atoms. The van der Waals surface area contributed by atoms with Crippen LogP contribution in [0.1, 0.15) is 23.6 Å². The Balaban J connectivity index is 1.64. The van der Waals surface area contributed by atoms with Crippen LogP contribution in [0.25, 0.3) is 0 Å². The zero-order valence-corrected chi connectivity index (χ0v) is 17.6. The van der Waals surface area contributed by atoms with Crippen molar-refractivity contribution >= 4 is 15.7 Å². The van der Waals surface area contributed by atoms with Gasteiger partial charge in [-0.2, -0.15) is 0 Å². The summed E-state index contributed by atoms with van der Waals surface area (Å²) in [4.78, 5) is 14.2. The van der Waals surface area contributed by atoms with Crippen LogP contribution in [0, 0.1) is 6.92 Å². The predicted octanol–water partition coefficient (Wildman–Crippen LogP) is 0.931. The van der Waals surface area contributed by atoms with Gasteiger partial charge in [0.15, 0.2) is 9.84 Å². The lowest BCUT2D eigenvalue weighted by Crippen LogP contribution is -3.14. The molecule has 29 heavy (non-hydrogen) atoms. The molecule has 156 valence electrons. The van der Waals surface area contributed by atoms with Gasteiger partial charge >= 0.3 is 0 Å². The standard InChI is InChI=1S/C22H28N2O4S/c1-18-7-9-19(10-8-18)21(17-24-12-14-28-15-13-24)23-22(25)11-16-29(26,27)20-5-3-2-4-6-20/h2-10,21H,11-17H2,1H3,(H,23,25)/p+1/t21-/m0/s1. The first-order valence-corrected chi connectivity index (χ1v) is 11.6. The Bertz CT molecular complexity index is 892. The van der Waals surface area contributed by atoms with E-state index >= 15 is 0 Å². The summed E-state index contributed by atoms with van der Waals surface area (Å²) in [5, 5.41) is 3.06. The van der Waals surface area contributed by atoms with Crippen LogP contribution in [-0.2, 0) is 19.4 Å². The summed E-state index contributed by atoms with van der Waals surface area (Å²) in [6, 6.07) is 16.2. The normalized spacial score (nSPS) is 16.3. The molecule has 2 aromatic rings. The molecule has 6 nitrogen and oxygen atoms in total. The average molecular weight is 418 g/mol. The van der Waals surface area contributed by atoms with Gasteiger partial charge in [0.05, 0.1) is 23.9 Å².